The molecule has 0 radical (unpaired) electrons. The van der Waals surface area contributed by atoms with E-state index in [0.717, 1.165) is 5.56 Å². The molecule has 0 aromatic heterocycles. The van der Waals surface area contributed by atoms with Crippen LogP contribution in [0.2, 0.25) is 0 Å². The van der Waals surface area contributed by atoms with E-state index in [9.17, 15) is 9.59 Å². The molecule has 6 nitrogen and oxygen atoms in total. The van der Waals surface area contributed by atoms with E-state index in [2.05, 4.69) is 5.32 Å². The van der Waals surface area contributed by atoms with Gasteiger partial charge in [0.2, 0.25) is 0 Å². The van der Waals surface area contributed by atoms with Crippen LogP contribution in [-0.2, 0) is 25.5 Å². The third kappa shape index (κ3) is 2.66. The summed E-state index contributed by atoms with van der Waals surface area (Å²) < 4.78 is 15.8. The summed E-state index contributed by atoms with van der Waals surface area (Å²) in [5.74, 6) is -0.0919. The largest absolute Gasteiger partial charge is 0.441 e. The molecule has 0 unspecified atom stereocenters. The van der Waals surface area contributed by atoms with Gasteiger partial charge in [-0.1, -0.05) is 30.3 Å². The maximum atomic E-state index is 11.7. The highest BCUT2D eigenvalue weighted by molar-refractivity contribution is 5.87. The number of amides is 1. The Hall–Kier alpha value is -1.92. The van der Waals surface area contributed by atoms with Crippen molar-refractivity contribution in [1.29, 1.82) is 0 Å². The second-order valence-electron chi connectivity index (χ2n) is 4.78. The molecule has 0 aliphatic carbocycles. The van der Waals surface area contributed by atoms with Crippen molar-refractivity contribution in [3.63, 3.8) is 0 Å². The van der Waals surface area contributed by atoms with Gasteiger partial charge in [-0.2, -0.15) is 0 Å². The van der Waals surface area contributed by atoms with Gasteiger partial charge < -0.3 is 19.5 Å². The predicted molar refractivity (Wildman–Crippen MR) is 68.0 cm³/mol. The Balaban J connectivity index is 1.49. The van der Waals surface area contributed by atoms with Crippen LogP contribution in [0.25, 0.3) is 0 Å². The average Bonchev–Trinajstić information content (AvgIpc) is 3.02. The van der Waals surface area contributed by atoms with E-state index in [4.69, 9.17) is 14.2 Å². The minimum Gasteiger partial charge on any atom is -0.441 e. The summed E-state index contributed by atoms with van der Waals surface area (Å²) in [5.41, 5.74) is 0.984. The Morgan fingerprint density at radius 1 is 1.30 bits per heavy atom. The topological polar surface area (TPSA) is 73.9 Å². The Morgan fingerprint density at radius 2 is 2.10 bits per heavy atom. The Bertz CT molecular complexity index is 504. The smallest absolute Gasteiger partial charge is 0.407 e. The first-order valence-electron chi connectivity index (χ1n) is 6.48. The Kier molecular flexibility index (Phi) is 3.66. The first-order chi connectivity index (χ1) is 9.74. The fourth-order valence-electron chi connectivity index (χ4n) is 2.36. The van der Waals surface area contributed by atoms with Crippen molar-refractivity contribution < 1.29 is 23.8 Å². The average molecular weight is 277 g/mol. The zero-order valence-electron chi connectivity index (χ0n) is 10.8. The molecule has 2 aliphatic heterocycles. The van der Waals surface area contributed by atoms with Crippen molar-refractivity contribution >= 4 is 11.9 Å². The van der Waals surface area contributed by atoms with Crippen molar-refractivity contribution in [2.24, 2.45) is 0 Å². The highest BCUT2D eigenvalue weighted by atomic mass is 16.6. The zero-order valence-corrected chi connectivity index (χ0v) is 10.8. The molecule has 20 heavy (non-hydrogen) atoms. The minimum atomic E-state index is -0.582. The molecule has 6 heteroatoms. The van der Waals surface area contributed by atoms with Crippen molar-refractivity contribution in [1.82, 2.24) is 5.32 Å². The van der Waals surface area contributed by atoms with Gasteiger partial charge >= 0.3 is 6.09 Å². The van der Waals surface area contributed by atoms with E-state index in [0.29, 0.717) is 6.54 Å². The van der Waals surface area contributed by atoms with Crippen LogP contribution >= 0.6 is 0 Å². The number of benzene rings is 1. The molecule has 1 aromatic carbocycles. The SMILES string of the molecule is O=C(NCc1ccccc1)O[C@H]1CO[C@@H]2C(=O)CO[C@H]12. The molecule has 1 aromatic rings. The maximum Gasteiger partial charge on any atom is 0.407 e. The van der Waals surface area contributed by atoms with Gasteiger partial charge in [-0.25, -0.2) is 4.79 Å². The number of rotatable bonds is 3. The minimum absolute atomic E-state index is 0.0286. The summed E-state index contributed by atoms with van der Waals surface area (Å²) in [6, 6.07) is 9.53. The highest BCUT2D eigenvalue weighted by Crippen LogP contribution is 2.26. The number of nitrogens with one attached hydrogen (secondary N) is 1. The lowest BCUT2D eigenvalue weighted by molar-refractivity contribution is -0.125. The molecule has 0 spiro atoms. The van der Waals surface area contributed by atoms with Crippen LogP contribution < -0.4 is 5.32 Å². The number of Topliss-reactive ketones (excluding diaryl/α,β-unsaturated/α-hetero) is 1. The predicted octanol–water partition coefficient (Wildman–Crippen LogP) is 0.648. The molecule has 2 aliphatic rings. The molecule has 0 saturated carbocycles. The van der Waals surface area contributed by atoms with Gasteiger partial charge in [0, 0.05) is 6.54 Å². The lowest BCUT2D eigenvalue weighted by Crippen LogP contribution is -2.36. The van der Waals surface area contributed by atoms with E-state index in [1.807, 2.05) is 30.3 Å². The van der Waals surface area contributed by atoms with Crippen LogP contribution in [0.5, 0.6) is 0 Å². The van der Waals surface area contributed by atoms with Crippen molar-refractivity contribution in [3.05, 3.63) is 35.9 Å². The van der Waals surface area contributed by atoms with Crippen LogP contribution in [0, 0.1) is 0 Å². The number of fused-ring (bicyclic) bond motifs is 1. The number of ether oxygens (including phenoxy) is 3. The summed E-state index contributed by atoms with van der Waals surface area (Å²) in [5, 5.41) is 2.66. The zero-order chi connectivity index (χ0) is 13.9. The standard InChI is InChI=1S/C14H15NO5/c16-10-7-18-13-11(8-19-12(10)13)20-14(17)15-6-9-4-2-1-3-5-9/h1-5,11-13H,6-8H2,(H,15,17)/t11-,12+,13+/m0/s1. The lowest BCUT2D eigenvalue weighted by Gasteiger charge is -2.16. The van der Waals surface area contributed by atoms with E-state index in [-0.39, 0.29) is 19.0 Å². The molecular formula is C14H15NO5. The molecule has 2 fully saturated rings. The van der Waals surface area contributed by atoms with Crippen LogP contribution in [0.4, 0.5) is 4.79 Å². The summed E-state index contributed by atoms with van der Waals surface area (Å²) in [6.45, 7) is 0.613. The van der Waals surface area contributed by atoms with Crippen LogP contribution in [0.15, 0.2) is 30.3 Å². The summed E-state index contributed by atoms with van der Waals surface area (Å²) in [7, 11) is 0. The van der Waals surface area contributed by atoms with Gasteiger partial charge in [0.25, 0.3) is 0 Å². The van der Waals surface area contributed by atoms with E-state index >= 15 is 0 Å². The van der Waals surface area contributed by atoms with E-state index in [1.165, 1.54) is 0 Å². The molecular weight excluding hydrogens is 262 g/mol. The molecule has 106 valence electrons. The summed E-state index contributed by atoms with van der Waals surface area (Å²) in [6.07, 6.45) is -2.11. The van der Waals surface area contributed by atoms with Gasteiger partial charge in [0.1, 0.15) is 18.8 Å². The van der Waals surface area contributed by atoms with E-state index in [1.54, 1.807) is 0 Å². The third-order valence-electron chi connectivity index (χ3n) is 3.38. The molecule has 1 amide bonds. The molecule has 1 N–H and O–H groups in total. The molecule has 3 atom stereocenters. The van der Waals surface area contributed by atoms with Gasteiger partial charge in [0.05, 0.1) is 6.61 Å². The summed E-state index contributed by atoms with van der Waals surface area (Å²) in [4.78, 5) is 23.1. The fraction of sp³-hybridized carbons (Fsp3) is 0.429. The van der Waals surface area contributed by atoms with E-state index < -0.39 is 24.4 Å². The second-order valence-corrected chi connectivity index (χ2v) is 4.78. The lowest BCUT2D eigenvalue weighted by atomic mass is 10.1. The number of hydrogen-bond donors (Lipinski definition) is 1. The van der Waals surface area contributed by atoms with Gasteiger partial charge in [-0.3, -0.25) is 4.79 Å². The summed E-state index contributed by atoms with van der Waals surface area (Å²) >= 11 is 0. The monoisotopic (exact) mass is 277 g/mol. The Morgan fingerprint density at radius 3 is 2.90 bits per heavy atom. The molecule has 0 bridgehead atoms. The van der Waals surface area contributed by atoms with Crippen molar-refractivity contribution in [2.75, 3.05) is 13.2 Å². The number of carbonyl (C=O) groups is 2. The van der Waals surface area contributed by atoms with Gasteiger partial charge in [-0.05, 0) is 5.56 Å². The van der Waals surface area contributed by atoms with Crippen LogP contribution in [-0.4, -0.2) is 43.4 Å². The third-order valence-corrected chi connectivity index (χ3v) is 3.38. The van der Waals surface area contributed by atoms with Crippen molar-refractivity contribution in [2.45, 2.75) is 24.9 Å². The molecule has 3 rings (SSSR count). The van der Waals surface area contributed by atoms with Gasteiger partial charge in [-0.15, -0.1) is 0 Å². The maximum absolute atomic E-state index is 11.7. The molecule has 2 heterocycles. The first kappa shape index (κ1) is 13.1. The first-order valence-corrected chi connectivity index (χ1v) is 6.48. The fourth-order valence-corrected chi connectivity index (χ4v) is 2.36. The van der Waals surface area contributed by atoms with Crippen molar-refractivity contribution in [3.8, 4) is 0 Å². The molecule has 2 saturated heterocycles. The highest BCUT2D eigenvalue weighted by Gasteiger charge is 2.48. The number of alkyl carbamates (subject to hydrolysis) is 1. The normalized spacial score (nSPS) is 28.2. The second kappa shape index (κ2) is 5.60. The Labute approximate surface area is 116 Å². The quantitative estimate of drug-likeness (QED) is 0.878. The van der Waals surface area contributed by atoms with Crippen LogP contribution in [0.3, 0.4) is 0 Å². The van der Waals surface area contributed by atoms with Crippen LogP contribution in [0.1, 0.15) is 5.56 Å². The number of carbonyl (C=O) groups excluding carboxylic acids is 2. The van der Waals surface area contributed by atoms with Gasteiger partial charge in [0.15, 0.2) is 11.9 Å². The number of ketones is 1. The number of hydrogen-bond acceptors (Lipinski definition) is 5.